The van der Waals surface area contributed by atoms with Crippen LogP contribution in [0.15, 0.2) is 43.0 Å². The van der Waals surface area contributed by atoms with Gasteiger partial charge in [-0.15, -0.1) is 6.58 Å². The molecule has 2 rings (SSSR count). The van der Waals surface area contributed by atoms with Gasteiger partial charge in [0.1, 0.15) is 0 Å². The Hall–Kier alpha value is -1.61. The third kappa shape index (κ3) is 3.48. The number of aryl methyl sites for hydroxylation is 1. The predicted octanol–water partition coefficient (Wildman–Crippen LogP) is 2.37. The van der Waals surface area contributed by atoms with Crippen LogP contribution in [0.4, 0.5) is 0 Å². The largest absolute Gasteiger partial charge is 0.338 e. The number of rotatable bonds is 7. The van der Waals surface area contributed by atoms with Crippen LogP contribution < -0.4 is 5.73 Å². The summed E-state index contributed by atoms with van der Waals surface area (Å²) < 4.78 is 0. The van der Waals surface area contributed by atoms with E-state index in [1.807, 2.05) is 17.0 Å². The van der Waals surface area contributed by atoms with Gasteiger partial charge in [0.2, 0.25) is 5.91 Å². The van der Waals surface area contributed by atoms with Crippen molar-refractivity contribution in [3.05, 3.63) is 48.6 Å². The van der Waals surface area contributed by atoms with E-state index in [2.05, 4.69) is 30.8 Å². The maximum absolute atomic E-state index is 12.3. The first-order chi connectivity index (χ1) is 9.76. The highest BCUT2D eigenvalue weighted by Crippen LogP contribution is 2.27. The zero-order valence-electron chi connectivity index (χ0n) is 12.0. The Balaban J connectivity index is 1.87. The van der Waals surface area contributed by atoms with E-state index in [0.717, 1.165) is 32.2 Å². The molecule has 1 saturated heterocycles. The van der Waals surface area contributed by atoms with Crippen LogP contribution in [0, 0.1) is 5.92 Å². The molecule has 1 fully saturated rings. The molecule has 1 aromatic rings. The highest BCUT2D eigenvalue weighted by Gasteiger charge is 2.37. The Morgan fingerprint density at radius 1 is 1.35 bits per heavy atom. The third-order valence-corrected chi connectivity index (χ3v) is 4.06. The van der Waals surface area contributed by atoms with Gasteiger partial charge in [-0.05, 0) is 31.2 Å². The summed E-state index contributed by atoms with van der Waals surface area (Å²) in [6.45, 7) is 5.10. The molecule has 0 aromatic heterocycles. The van der Waals surface area contributed by atoms with E-state index in [9.17, 15) is 4.79 Å². The molecule has 3 heteroatoms. The molecule has 1 aliphatic heterocycles. The van der Waals surface area contributed by atoms with Crippen LogP contribution in [-0.4, -0.2) is 29.9 Å². The zero-order chi connectivity index (χ0) is 14.4. The fourth-order valence-electron chi connectivity index (χ4n) is 2.98. The molecule has 0 radical (unpaired) electrons. The standard InChI is InChI=1S/C17H24N2O/c1-2-7-15-12-16(13-18)19(17(15)20)11-6-10-14-8-4-3-5-9-14/h2-5,8-9,15-16H,1,6-7,10-13,18H2/t15-,16+/m1/s1. The van der Waals surface area contributed by atoms with E-state index in [4.69, 9.17) is 5.73 Å². The smallest absolute Gasteiger partial charge is 0.226 e. The number of likely N-dealkylation sites (tertiary alicyclic amines) is 1. The molecular weight excluding hydrogens is 248 g/mol. The first-order valence-corrected chi connectivity index (χ1v) is 7.41. The van der Waals surface area contributed by atoms with Crippen molar-refractivity contribution in [3.63, 3.8) is 0 Å². The first-order valence-electron chi connectivity index (χ1n) is 7.41. The second-order valence-corrected chi connectivity index (χ2v) is 5.47. The number of hydrogen-bond donors (Lipinski definition) is 1. The number of carbonyl (C=O) groups excluding carboxylic acids is 1. The van der Waals surface area contributed by atoms with Gasteiger partial charge < -0.3 is 10.6 Å². The molecule has 1 aromatic carbocycles. The van der Waals surface area contributed by atoms with Crippen molar-refractivity contribution in [1.29, 1.82) is 0 Å². The zero-order valence-corrected chi connectivity index (χ0v) is 12.0. The van der Waals surface area contributed by atoms with Gasteiger partial charge >= 0.3 is 0 Å². The average Bonchev–Trinajstić information content (AvgIpc) is 2.77. The molecular formula is C17H24N2O. The Morgan fingerprint density at radius 2 is 2.10 bits per heavy atom. The van der Waals surface area contributed by atoms with Gasteiger partial charge in [-0.2, -0.15) is 0 Å². The van der Waals surface area contributed by atoms with Crippen molar-refractivity contribution in [2.75, 3.05) is 13.1 Å². The van der Waals surface area contributed by atoms with Gasteiger partial charge in [-0.1, -0.05) is 36.4 Å². The number of benzene rings is 1. The van der Waals surface area contributed by atoms with E-state index < -0.39 is 0 Å². The van der Waals surface area contributed by atoms with Crippen LogP contribution in [0.3, 0.4) is 0 Å². The van der Waals surface area contributed by atoms with Gasteiger partial charge in [0.15, 0.2) is 0 Å². The average molecular weight is 272 g/mol. The van der Waals surface area contributed by atoms with E-state index in [0.29, 0.717) is 6.54 Å². The number of amides is 1. The maximum atomic E-state index is 12.3. The molecule has 0 saturated carbocycles. The second-order valence-electron chi connectivity index (χ2n) is 5.47. The van der Waals surface area contributed by atoms with Gasteiger partial charge in [-0.25, -0.2) is 0 Å². The topological polar surface area (TPSA) is 46.3 Å². The number of carbonyl (C=O) groups is 1. The van der Waals surface area contributed by atoms with Crippen LogP contribution in [0.5, 0.6) is 0 Å². The minimum absolute atomic E-state index is 0.0952. The highest BCUT2D eigenvalue weighted by atomic mass is 16.2. The third-order valence-electron chi connectivity index (χ3n) is 4.06. The molecule has 3 nitrogen and oxygen atoms in total. The maximum Gasteiger partial charge on any atom is 0.226 e. The normalized spacial score (nSPS) is 22.2. The summed E-state index contributed by atoms with van der Waals surface area (Å²) in [6, 6.07) is 10.6. The minimum atomic E-state index is 0.0952. The van der Waals surface area contributed by atoms with Crippen molar-refractivity contribution >= 4 is 5.91 Å². The predicted molar refractivity (Wildman–Crippen MR) is 82.2 cm³/mol. The fourth-order valence-corrected chi connectivity index (χ4v) is 2.98. The minimum Gasteiger partial charge on any atom is -0.338 e. The van der Waals surface area contributed by atoms with Crippen molar-refractivity contribution in [3.8, 4) is 0 Å². The second kappa shape index (κ2) is 7.25. The summed E-state index contributed by atoms with van der Waals surface area (Å²) in [5, 5.41) is 0. The van der Waals surface area contributed by atoms with Crippen molar-refractivity contribution < 1.29 is 4.79 Å². The molecule has 0 unspecified atom stereocenters. The van der Waals surface area contributed by atoms with E-state index in [-0.39, 0.29) is 17.9 Å². The van der Waals surface area contributed by atoms with Crippen LogP contribution in [-0.2, 0) is 11.2 Å². The van der Waals surface area contributed by atoms with Crippen molar-refractivity contribution in [2.45, 2.75) is 31.7 Å². The summed E-state index contributed by atoms with van der Waals surface area (Å²) in [5.74, 6) is 0.353. The molecule has 2 N–H and O–H groups in total. The quantitative estimate of drug-likeness (QED) is 0.775. The number of nitrogens with zero attached hydrogens (tertiary/aromatic N) is 1. The van der Waals surface area contributed by atoms with Crippen LogP contribution in [0.1, 0.15) is 24.8 Å². The van der Waals surface area contributed by atoms with Gasteiger partial charge in [-0.3, -0.25) is 4.79 Å². The number of hydrogen-bond acceptors (Lipinski definition) is 2. The fraction of sp³-hybridized carbons (Fsp3) is 0.471. The van der Waals surface area contributed by atoms with Crippen molar-refractivity contribution in [1.82, 2.24) is 4.90 Å². The summed E-state index contributed by atoms with van der Waals surface area (Å²) in [7, 11) is 0. The molecule has 20 heavy (non-hydrogen) atoms. The summed E-state index contributed by atoms with van der Waals surface area (Å²) in [5.41, 5.74) is 7.13. The number of allylic oxidation sites excluding steroid dienone is 1. The SMILES string of the molecule is C=CC[C@@H]1C[C@@H](CN)N(CCCc2ccccc2)C1=O. The van der Waals surface area contributed by atoms with Gasteiger partial charge in [0.05, 0.1) is 0 Å². The Kier molecular flexibility index (Phi) is 5.36. The first kappa shape index (κ1) is 14.8. The van der Waals surface area contributed by atoms with E-state index in [1.54, 1.807) is 0 Å². The Labute approximate surface area is 121 Å². The van der Waals surface area contributed by atoms with Crippen molar-refractivity contribution in [2.24, 2.45) is 11.7 Å². The lowest BCUT2D eigenvalue weighted by Gasteiger charge is -2.23. The van der Waals surface area contributed by atoms with Gasteiger partial charge in [0.25, 0.3) is 0 Å². The van der Waals surface area contributed by atoms with E-state index in [1.165, 1.54) is 5.56 Å². The lowest BCUT2D eigenvalue weighted by Crippen LogP contribution is -2.39. The highest BCUT2D eigenvalue weighted by molar-refractivity contribution is 5.81. The molecule has 0 aliphatic carbocycles. The summed E-state index contributed by atoms with van der Waals surface area (Å²) in [6.07, 6.45) is 5.49. The lowest BCUT2D eigenvalue weighted by atomic mass is 10.0. The molecule has 1 heterocycles. The molecule has 1 aliphatic rings. The van der Waals surface area contributed by atoms with Crippen LogP contribution in [0.25, 0.3) is 0 Å². The Bertz CT molecular complexity index is 444. The lowest BCUT2D eigenvalue weighted by molar-refractivity contribution is -0.131. The molecule has 1 amide bonds. The summed E-state index contributed by atoms with van der Waals surface area (Å²) in [4.78, 5) is 14.3. The molecule has 2 atom stereocenters. The van der Waals surface area contributed by atoms with Crippen LogP contribution in [0.2, 0.25) is 0 Å². The molecule has 0 spiro atoms. The molecule has 108 valence electrons. The Morgan fingerprint density at radius 3 is 2.75 bits per heavy atom. The van der Waals surface area contributed by atoms with E-state index >= 15 is 0 Å². The summed E-state index contributed by atoms with van der Waals surface area (Å²) >= 11 is 0. The monoisotopic (exact) mass is 272 g/mol. The molecule has 0 bridgehead atoms. The van der Waals surface area contributed by atoms with Gasteiger partial charge in [0, 0.05) is 25.0 Å². The number of nitrogens with two attached hydrogens (primary N) is 1. The van der Waals surface area contributed by atoms with Crippen LogP contribution >= 0.6 is 0 Å².